The minimum atomic E-state index is -0.578. The number of nitrogens with one attached hydrogen (secondary N) is 1. The van der Waals surface area contributed by atoms with E-state index in [2.05, 4.69) is 33.8 Å². The molecule has 0 fully saturated rings. The van der Waals surface area contributed by atoms with Crippen LogP contribution in [0.1, 0.15) is 46.6 Å². The van der Waals surface area contributed by atoms with Gasteiger partial charge in [-0.3, -0.25) is 9.69 Å². The molecule has 2 rings (SSSR count). The number of nitrogens with zero attached hydrogens (tertiary/aromatic N) is 2. The van der Waals surface area contributed by atoms with Gasteiger partial charge in [0.15, 0.2) is 0 Å². The molecule has 2 aromatic heterocycles. The van der Waals surface area contributed by atoms with Gasteiger partial charge in [0.2, 0.25) is 0 Å². The molecule has 0 aliphatic heterocycles. The van der Waals surface area contributed by atoms with Gasteiger partial charge in [0.05, 0.1) is 19.4 Å². The number of methoxy groups -OCH3 is 1. The van der Waals surface area contributed by atoms with Crippen LogP contribution in [0.4, 0.5) is 0 Å². The highest BCUT2D eigenvalue weighted by Gasteiger charge is 2.22. The molecule has 0 saturated heterocycles. The molecule has 2 heterocycles. The van der Waals surface area contributed by atoms with Crippen LogP contribution in [0, 0.1) is 0 Å². The molecule has 134 valence electrons. The molecule has 7 nitrogen and oxygen atoms in total. The molecule has 0 aliphatic carbocycles. The van der Waals surface area contributed by atoms with Crippen LogP contribution < -0.4 is 5.32 Å². The van der Waals surface area contributed by atoms with Gasteiger partial charge in [-0.15, -0.1) is 0 Å². The number of carbonyl (C=O) groups excluding carboxylic acids is 2. The van der Waals surface area contributed by atoms with Gasteiger partial charge >= 0.3 is 5.97 Å². The lowest BCUT2D eigenvalue weighted by Gasteiger charge is -2.28. The standard InChI is InChI=1S/C18H23N3O4/c1-4-21(5-2)15(16-10-7-11-25-16)12-19-17(22)13-8-6-9-14(20-13)18(23)24-3/h6-11,15H,4-5,12H2,1-3H3,(H,19,22)/t15-/m0/s1. The van der Waals surface area contributed by atoms with E-state index in [4.69, 9.17) is 4.42 Å². The Labute approximate surface area is 147 Å². The Morgan fingerprint density at radius 1 is 1.20 bits per heavy atom. The van der Waals surface area contributed by atoms with Gasteiger partial charge < -0.3 is 14.5 Å². The van der Waals surface area contributed by atoms with E-state index >= 15 is 0 Å². The van der Waals surface area contributed by atoms with Crippen molar-refractivity contribution < 1.29 is 18.7 Å². The molecule has 2 aromatic rings. The number of amides is 1. The molecule has 0 radical (unpaired) electrons. The average Bonchev–Trinajstić information content (AvgIpc) is 3.18. The quantitative estimate of drug-likeness (QED) is 0.739. The number of esters is 1. The first-order valence-corrected chi connectivity index (χ1v) is 8.21. The van der Waals surface area contributed by atoms with E-state index in [1.54, 1.807) is 18.4 Å². The number of furan rings is 1. The van der Waals surface area contributed by atoms with Gasteiger partial charge in [-0.2, -0.15) is 0 Å². The Kier molecular flexibility index (Phi) is 6.71. The molecule has 1 N–H and O–H groups in total. The number of aromatic nitrogens is 1. The number of likely N-dealkylation sites (N-methyl/N-ethyl adjacent to an activating group) is 1. The molecule has 0 bridgehead atoms. The van der Waals surface area contributed by atoms with Crippen LogP contribution >= 0.6 is 0 Å². The lowest BCUT2D eigenvalue weighted by Crippen LogP contribution is -2.38. The second kappa shape index (κ2) is 8.98. The van der Waals surface area contributed by atoms with Gasteiger partial charge in [0.25, 0.3) is 5.91 Å². The van der Waals surface area contributed by atoms with Crippen molar-refractivity contribution in [3.05, 3.63) is 53.7 Å². The zero-order chi connectivity index (χ0) is 18.2. The highest BCUT2D eigenvalue weighted by molar-refractivity contribution is 5.94. The van der Waals surface area contributed by atoms with E-state index in [9.17, 15) is 9.59 Å². The molecular weight excluding hydrogens is 322 g/mol. The zero-order valence-electron chi connectivity index (χ0n) is 14.7. The van der Waals surface area contributed by atoms with Crippen LogP contribution in [-0.4, -0.2) is 48.5 Å². The molecule has 0 aliphatic rings. The van der Waals surface area contributed by atoms with E-state index in [0.717, 1.165) is 18.8 Å². The topological polar surface area (TPSA) is 84.7 Å². The van der Waals surface area contributed by atoms with E-state index < -0.39 is 5.97 Å². The van der Waals surface area contributed by atoms with Gasteiger partial charge in [-0.05, 0) is 37.4 Å². The summed E-state index contributed by atoms with van der Waals surface area (Å²) >= 11 is 0. The highest BCUT2D eigenvalue weighted by atomic mass is 16.5. The van der Waals surface area contributed by atoms with Crippen molar-refractivity contribution in [1.82, 2.24) is 15.2 Å². The largest absolute Gasteiger partial charge is 0.468 e. The number of rotatable bonds is 8. The SMILES string of the molecule is CCN(CC)[C@@H](CNC(=O)c1cccc(C(=O)OC)n1)c1ccco1. The molecule has 0 spiro atoms. The van der Waals surface area contributed by atoms with Gasteiger partial charge in [0, 0.05) is 6.54 Å². The van der Waals surface area contributed by atoms with Crippen molar-refractivity contribution in [1.29, 1.82) is 0 Å². The Bertz CT molecular complexity index is 696. The van der Waals surface area contributed by atoms with Crippen molar-refractivity contribution in [3.8, 4) is 0 Å². The van der Waals surface area contributed by atoms with Gasteiger partial charge in [0.1, 0.15) is 17.1 Å². The molecule has 0 aromatic carbocycles. The number of hydrogen-bond acceptors (Lipinski definition) is 6. The summed E-state index contributed by atoms with van der Waals surface area (Å²) < 4.78 is 10.1. The summed E-state index contributed by atoms with van der Waals surface area (Å²) in [5, 5.41) is 2.87. The van der Waals surface area contributed by atoms with Crippen LogP contribution in [-0.2, 0) is 4.74 Å². The molecule has 25 heavy (non-hydrogen) atoms. The Balaban J connectivity index is 2.10. The van der Waals surface area contributed by atoms with Crippen molar-refractivity contribution >= 4 is 11.9 Å². The van der Waals surface area contributed by atoms with E-state index in [-0.39, 0.29) is 23.3 Å². The first kappa shape index (κ1) is 18.7. The third kappa shape index (κ3) is 4.67. The monoisotopic (exact) mass is 345 g/mol. The van der Waals surface area contributed by atoms with Crippen LogP contribution in [0.5, 0.6) is 0 Å². The van der Waals surface area contributed by atoms with E-state index in [1.807, 2.05) is 12.1 Å². The minimum Gasteiger partial charge on any atom is -0.468 e. The second-order valence-corrected chi connectivity index (χ2v) is 5.36. The summed E-state index contributed by atoms with van der Waals surface area (Å²) in [6.45, 7) is 6.14. The maximum absolute atomic E-state index is 12.4. The Morgan fingerprint density at radius 2 is 1.92 bits per heavy atom. The summed E-state index contributed by atoms with van der Waals surface area (Å²) in [5.41, 5.74) is 0.266. The molecular formula is C18H23N3O4. The number of carbonyl (C=O) groups is 2. The number of ether oxygens (including phenoxy) is 1. The third-order valence-electron chi connectivity index (χ3n) is 3.96. The average molecular weight is 345 g/mol. The number of pyridine rings is 1. The van der Waals surface area contributed by atoms with Crippen LogP contribution in [0.3, 0.4) is 0 Å². The molecule has 7 heteroatoms. The van der Waals surface area contributed by atoms with Crippen LogP contribution in [0.2, 0.25) is 0 Å². The smallest absolute Gasteiger partial charge is 0.356 e. The summed E-state index contributed by atoms with van der Waals surface area (Å²) in [7, 11) is 1.27. The van der Waals surface area contributed by atoms with Crippen LogP contribution in [0.15, 0.2) is 41.0 Å². The summed E-state index contributed by atoms with van der Waals surface area (Å²) in [4.78, 5) is 30.2. The Morgan fingerprint density at radius 3 is 2.52 bits per heavy atom. The lowest BCUT2D eigenvalue weighted by molar-refractivity contribution is 0.0594. The Hall–Kier alpha value is -2.67. The molecule has 1 amide bonds. The number of hydrogen-bond donors (Lipinski definition) is 1. The summed E-state index contributed by atoms with van der Waals surface area (Å²) in [6.07, 6.45) is 1.62. The van der Waals surface area contributed by atoms with E-state index in [0.29, 0.717) is 6.54 Å². The summed E-state index contributed by atoms with van der Waals surface area (Å²) in [5.74, 6) is -0.138. The van der Waals surface area contributed by atoms with Crippen molar-refractivity contribution in [2.45, 2.75) is 19.9 Å². The maximum atomic E-state index is 12.4. The van der Waals surface area contributed by atoms with Crippen molar-refractivity contribution in [2.24, 2.45) is 0 Å². The lowest BCUT2D eigenvalue weighted by atomic mass is 10.1. The highest BCUT2D eigenvalue weighted by Crippen LogP contribution is 2.20. The minimum absolute atomic E-state index is 0.0715. The summed E-state index contributed by atoms with van der Waals surface area (Å²) in [6, 6.07) is 8.31. The fraction of sp³-hybridized carbons (Fsp3) is 0.389. The van der Waals surface area contributed by atoms with E-state index in [1.165, 1.54) is 13.2 Å². The molecule has 0 unspecified atom stereocenters. The predicted molar refractivity (Wildman–Crippen MR) is 92.3 cm³/mol. The third-order valence-corrected chi connectivity index (χ3v) is 3.96. The fourth-order valence-corrected chi connectivity index (χ4v) is 2.61. The van der Waals surface area contributed by atoms with Crippen molar-refractivity contribution in [2.75, 3.05) is 26.7 Å². The van der Waals surface area contributed by atoms with Gasteiger partial charge in [-0.25, -0.2) is 9.78 Å². The second-order valence-electron chi connectivity index (χ2n) is 5.36. The predicted octanol–water partition coefficient (Wildman–Crippen LogP) is 2.27. The van der Waals surface area contributed by atoms with Crippen molar-refractivity contribution in [3.63, 3.8) is 0 Å². The van der Waals surface area contributed by atoms with Gasteiger partial charge in [-0.1, -0.05) is 19.9 Å². The van der Waals surface area contributed by atoms with Crippen LogP contribution in [0.25, 0.3) is 0 Å². The first-order chi connectivity index (χ1) is 12.1. The maximum Gasteiger partial charge on any atom is 0.356 e. The normalized spacial score (nSPS) is 12.0. The molecule has 1 atom stereocenters. The molecule has 0 saturated carbocycles. The fourth-order valence-electron chi connectivity index (χ4n) is 2.61. The first-order valence-electron chi connectivity index (χ1n) is 8.21. The zero-order valence-corrected chi connectivity index (χ0v) is 14.7.